The zero-order valence-electron chi connectivity index (χ0n) is 15.9. The van der Waals surface area contributed by atoms with Crippen LogP contribution in [0.3, 0.4) is 0 Å². The number of hydrogen-bond donors (Lipinski definition) is 0. The van der Waals surface area contributed by atoms with Crippen LogP contribution < -0.4 is 7.39 Å². The van der Waals surface area contributed by atoms with Crippen molar-refractivity contribution in [2.45, 2.75) is 92.2 Å². The van der Waals surface area contributed by atoms with Gasteiger partial charge in [0.25, 0.3) is 0 Å². The van der Waals surface area contributed by atoms with Gasteiger partial charge in [-0.05, 0) is 0 Å². The molecule has 1 heterocycles. The molecule has 0 spiro atoms. The summed E-state index contributed by atoms with van der Waals surface area (Å²) in [7, 11) is -1.13. The molecule has 0 saturated heterocycles. The Morgan fingerprint density at radius 2 is 1.27 bits per heavy atom. The maximum absolute atomic E-state index is 2.59. The third kappa shape index (κ3) is 5.97. The van der Waals surface area contributed by atoms with E-state index in [2.05, 4.69) is 63.9 Å². The molecule has 0 atom stereocenters. The fourth-order valence-corrected chi connectivity index (χ4v) is 26.2. The third-order valence-corrected chi connectivity index (χ3v) is 27.9. The Bertz CT molecular complexity index is 398. The summed E-state index contributed by atoms with van der Waals surface area (Å²) in [5.74, 6) is 0. The Kier molecular flexibility index (Phi) is 9.32. The van der Waals surface area contributed by atoms with Crippen LogP contribution in [-0.2, 0) is 0 Å². The molecule has 0 bridgehead atoms. The van der Waals surface area contributed by atoms with E-state index in [0.29, 0.717) is 0 Å². The predicted octanol–water partition coefficient (Wildman–Crippen LogP) is 6.35. The standard InChI is InChI=1S/C7H11SSi.3C4H9.Sn/c1-9(2,3)7-5-4-6-8-7;3*1-3-4-2;/h4-5H,1-3H3;3*1,3-4H2,2H3;. The summed E-state index contributed by atoms with van der Waals surface area (Å²) in [6, 6.07) is 5.11. The van der Waals surface area contributed by atoms with Gasteiger partial charge in [-0.15, -0.1) is 0 Å². The number of unbranched alkanes of at least 4 members (excludes halogenated alkanes) is 3. The molecule has 0 amide bonds. The van der Waals surface area contributed by atoms with E-state index in [1.807, 2.05) is 2.89 Å². The van der Waals surface area contributed by atoms with E-state index in [1.54, 1.807) is 17.8 Å². The molecule has 1 rings (SSSR count). The topological polar surface area (TPSA) is 0 Å². The molecule has 0 aliphatic rings. The molecule has 0 aliphatic carbocycles. The third-order valence-electron chi connectivity index (χ3n) is 4.89. The summed E-state index contributed by atoms with van der Waals surface area (Å²) >= 11 is 0.116. The van der Waals surface area contributed by atoms with Crippen LogP contribution in [0.25, 0.3) is 0 Å². The van der Waals surface area contributed by atoms with E-state index >= 15 is 0 Å². The van der Waals surface area contributed by atoms with Gasteiger partial charge in [0.15, 0.2) is 0 Å². The minimum atomic E-state index is -2.14. The van der Waals surface area contributed by atoms with Gasteiger partial charge in [0, 0.05) is 0 Å². The van der Waals surface area contributed by atoms with Crippen molar-refractivity contribution in [3.63, 3.8) is 0 Å². The molecule has 0 radical (unpaired) electrons. The molecule has 3 heteroatoms. The average Bonchev–Trinajstić information content (AvgIpc) is 2.97. The minimum absolute atomic E-state index is 1.13. The second-order valence-electron chi connectivity index (χ2n) is 8.00. The molecular formula is C19H38SSiSn. The normalized spacial score (nSPS) is 12.8. The van der Waals surface area contributed by atoms with Gasteiger partial charge in [0.2, 0.25) is 0 Å². The first-order valence-corrected chi connectivity index (χ1v) is 21.3. The summed E-state index contributed by atoms with van der Waals surface area (Å²) in [6.45, 7) is 14.6. The summed E-state index contributed by atoms with van der Waals surface area (Å²) < 4.78 is 8.49. The summed E-state index contributed by atoms with van der Waals surface area (Å²) in [5, 5.41) is 0. The first kappa shape index (κ1) is 20.8. The van der Waals surface area contributed by atoms with E-state index < -0.39 is 26.5 Å². The zero-order chi connectivity index (χ0) is 16.6. The molecule has 22 heavy (non-hydrogen) atoms. The Morgan fingerprint density at radius 3 is 1.59 bits per heavy atom. The summed E-state index contributed by atoms with van der Waals surface area (Å²) in [5.41, 5.74) is 0. The molecule has 1 aromatic rings. The Labute approximate surface area is 149 Å². The molecule has 0 nitrogen and oxygen atoms in total. The molecule has 0 saturated carbocycles. The van der Waals surface area contributed by atoms with Crippen molar-refractivity contribution >= 4 is 45.2 Å². The van der Waals surface area contributed by atoms with Crippen LogP contribution in [0.15, 0.2) is 12.1 Å². The van der Waals surface area contributed by atoms with Crippen LogP contribution in [0.1, 0.15) is 59.3 Å². The van der Waals surface area contributed by atoms with E-state index in [-0.39, 0.29) is 0 Å². The molecule has 1 aromatic heterocycles. The quantitative estimate of drug-likeness (QED) is 0.348. The van der Waals surface area contributed by atoms with Gasteiger partial charge < -0.3 is 0 Å². The fourth-order valence-electron chi connectivity index (χ4n) is 3.32. The zero-order valence-corrected chi connectivity index (χ0v) is 20.6. The molecule has 0 fully saturated rings. The van der Waals surface area contributed by atoms with Crippen molar-refractivity contribution in [2.75, 3.05) is 0 Å². The monoisotopic (exact) mass is 446 g/mol. The van der Waals surface area contributed by atoms with Gasteiger partial charge in [0.05, 0.1) is 0 Å². The van der Waals surface area contributed by atoms with E-state index in [9.17, 15) is 0 Å². The van der Waals surface area contributed by atoms with Gasteiger partial charge in [-0.25, -0.2) is 0 Å². The second-order valence-corrected chi connectivity index (χ2v) is 28.7. The number of thiophene rings is 1. The molecule has 0 aliphatic heterocycles. The van der Waals surface area contributed by atoms with Gasteiger partial charge >= 0.3 is 150 Å². The Hall–Kier alpha value is 0.716. The van der Waals surface area contributed by atoms with E-state index in [1.165, 1.54) is 38.5 Å². The van der Waals surface area contributed by atoms with Gasteiger partial charge in [-0.1, -0.05) is 0 Å². The van der Waals surface area contributed by atoms with Gasteiger partial charge in [-0.2, -0.15) is 0 Å². The molecule has 128 valence electrons. The van der Waals surface area contributed by atoms with Crippen LogP contribution in [0, 0.1) is 0 Å². The summed E-state index contributed by atoms with van der Waals surface area (Å²) in [4.78, 5) is 0. The van der Waals surface area contributed by atoms with E-state index in [4.69, 9.17) is 0 Å². The van der Waals surface area contributed by atoms with Crippen LogP contribution in [0.4, 0.5) is 0 Å². The first-order valence-electron chi connectivity index (χ1n) is 9.50. The van der Waals surface area contributed by atoms with Crippen molar-refractivity contribution in [2.24, 2.45) is 0 Å². The van der Waals surface area contributed by atoms with Gasteiger partial charge in [-0.3, -0.25) is 0 Å². The Morgan fingerprint density at radius 1 is 0.818 bits per heavy atom. The SMILES string of the molecule is CCC[CH2][Sn]([CH2]CCC)([CH2]CCC)[c]1ccc([Si](C)(C)C)s1. The van der Waals surface area contributed by atoms with Crippen molar-refractivity contribution in [1.29, 1.82) is 0 Å². The molecule has 0 aromatic carbocycles. The van der Waals surface area contributed by atoms with Crippen LogP contribution in [0.2, 0.25) is 33.0 Å². The predicted molar refractivity (Wildman–Crippen MR) is 112 cm³/mol. The number of hydrogen-bond acceptors (Lipinski definition) is 1. The van der Waals surface area contributed by atoms with Gasteiger partial charge in [0.1, 0.15) is 0 Å². The van der Waals surface area contributed by atoms with Crippen LogP contribution in [0.5, 0.6) is 0 Å². The Balaban J connectivity index is 3.10. The summed E-state index contributed by atoms with van der Waals surface area (Å²) in [6.07, 6.45) is 8.56. The first-order chi connectivity index (χ1) is 10.4. The van der Waals surface area contributed by atoms with Crippen molar-refractivity contribution in [3.8, 4) is 0 Å². The van der Waals surface area contributed by atoms with E-state index in [0.717, 1.165) is 0 Å². The van der Waals surface area contributed by atoms with Crippen molar-refractivity contribution in [3.05, 3.63) is 12.1 Å². The average molecular weight is 445 g/mol. The molecule has 0 N–H and O–H groups in total. The number of rotatable bonds is 11. The maximum atomic E-state index is 2.59. The fraction of sp³-hybridized carbons (Fsp3) is 0.789. The van der Waals surface area contributed by atoms with Crippen LogP contribution >= 0.6 is 11.3 Å². The van der Waals surface area contributed by atoms with Crippen molar-refractivity contribution < 1.29 is 0 Å². The molecular weight excluding hydrogens is 407 g/mol. The van der Waals surface area contributed by atoms with Crippen LogP contribution in [-0.4, -0.2) is 26.5 Å². The second kappa shape index (κ2) is 9.88. The molecule has 0 unspecified atom stereocenters. The van der Waals surface area contributed by atoms with Crippen molar-refractivity contribution in [1.82, 2.24) is 0 Å².